The van der Waals surface area contributed by atoms with E-state index in [1.165, 1.54) is 23.1 Å². The zero-order chi connectivity index (χ0) is 17.4. The van der Waals surface area contributed by atoms with Gasteiger partial charge in [-0.25, -0.2) is 18.1 Å². The minimum absolute atomic E-state index is 0.0835. The lowest BCUT2D eigenvalue weighted by molar-refractivity contribution is 0.0985. The predicted octanol–water partition coefficient (Wildman–Crippen LogP) is 2.60. The summed E-state index contributed by atoms with van der Waals surface area (Å²) in [6, 6.07) is 5.07. The molecule has 2 heterocycles. The summed E-state index contributed by atoms with van der Waals surface area (Å²) in [7, 11) is -3.89. The Morgan fingerprint density at radius 2 is 2.08 bits per heavy atom. The van der Waals surface area contributed by atoms with Gasteiger partial charge in [-0.2, -0.15) is 0 Å². The molecule has 1 fully saturated rings. The minimum atomic E-state index is -3.89. The van der Waals surface area contributed by atoms with Crippen LogP contribution in [0, 0.1) is 0 Å². The number of carbonyl (C=O) groups excluding carboxylic acids is 1. The first-order valence-electron chi connectivity index (χ1n) is 8.29. The second-order valence-electron chi connectivity index (χ2n) is 6.28. The molecule has 1 aromatic carbocycles. The first kappa shape index (κ1) is 16.7. The summed E-state index contributed by atoms with van der Waals surface area (Å²) in [5, 5.41) is 0.720. The summed E-state index contributed by atoms with van der Waals surface area (Å²) in [6.07, 6.45) is 6.08. The number of amides is 1. The Morgan fingerprint density at radius 3 is 2.88 bits per heavy atom. The van der Waals surface area contributed by atoms with Crippen molar-refractivity contribution in [1.29, 1.82) is 0 Å². The lowest BCUT2D eigenvalue weighted by atomic mass is 10.1. The summed E-state index contributed by atoms with van der Waals surface area (Å²) in [6.45, 7) is 0.693. The highest BCUT2D eigenvalue weighted by Crippen LogP contribution is 2.31. The molecule has 0 spiro atoms. The number of benzene rings is 1. The van der Waals surface area contributed by atoms with E-state index in [9.17, 15) is 13.2 Å². The number of ether oxygens (including phenoxy) is 1. The fraction of sp³-hybridized carbons (Fsp3) is 0.412. The summed E-state index contributed by atoms with van der Waals surface area (Å²) in [5.74, 6) is -0.651. The smallest absolute Gasteiger partial charge is 0.276 e. The van der Waals surface area contributed by atoms with Crippen molar-refractivity contribution in [2.75, 3.05) is 6.61 Å². The molecule has 1 atom stereocenters. The number of carbonyl (C=O) groups is 1. The van der Waals surface area contributed by atoms with Crippen LogP contribution in [0.1, 0.15) is 51.2 Å². The number of hydrogen-bond donors (Lipinski definition) is 1. The van der Waals surface area contributed by atoms with Crippen LogP contribution in [0.5, 0.6) is 0 Å². The number of aromatic nitrogens is 1. The average molecular weight is 378 g/mol. The summed E-state index contributed by atoms with van der Waals surface area (Å²) in [5.41, 5.74) is 2.24. The van der Waals surface area contributed by atoms with Gasteiger partial charge >= 0.3 is 0 Å². The third-order valence-corrected chi connectivity index (χ3v) is 6.98. The van der Waals surface area contributed by atoms with E-state index in [-0.39, 0.29) is 15.9 Å². The van der Waals surface area contributed by atoms with E-state index in [4.69, 9.17) is 4.74 Å². The highest BCUT2D eigenvalue weighted by molar-refractivity contribution is 7.90. The van der Waals surface area contributed by atoms with Gasteiger partial charge < -0.3 is 4.74 Å². The quantitative estimate of drug-likeness (QED) is 0.884. The molecule has 8 heteroatoms. The number of fused-ring (bicyclic) bond motifs is 1. The molecule has 1 saturated heterocycles. The van der Waals surface area contributed by atoms with E-state index in [0.29, 0.717) is 6.61 Å². The van der Waals surface area contributed by atoms with Crippen molar-refractivity contribution >= 4 is 27.3 Å². The summed E-state index contributed by atoms with van der Waals surface area (Å²) < 4.78 is 32.7. The first-order valence-corrected chi connectivity index (χ1v) is 10.6. The molecule has 2 aliphatic rings. The Kier molecular flexibility index (Phi) is 4.35. The van der Waals surface area contributed by atoms with E-state index in [0.717, 1.165) is 42.7 Å². The van der Waals surface area contributed by atoms with Gasteiger partial charge in [-0.1, -0.05) is 6.07 Å². The van der Waals surface area contributed by atoms with Crippen molar-refractivity contribution in [3.63, 3.8) is 0 Å². The Morgan fingerprint density at radius 1 is 1.24 bits per heavy atom. The number of sulfonamides is 1. The molecule has 1 amide bonds. The second kappa shape index (κ2) is 6.51. The fourth-order valence-electron chi connectivity index (χ4n) is 3.26. The zero-order valence-electron chi connectivity index (χ0n) is 13.5. The van der Waals surface area contributed by atoms with Crippen LogP contribution in [0.4, 0.5) is 0 Å². The predicted molar refractivity (Wildman–Crippen MR) is 93.2 cm³/mol. The van der Waals surface area contributed by atoms with E-state index in [2.05, 4.69) is 9.71 Å². The number of nitrogens with one attached hydrogen (secondary N) is 1. The molecule has 1 aliphatic carbocycles. The van der Waals surface area contributed by atoms with Crippen molar-refractivity contribution in [3.05, 3.63) is 45.4 Å². The molecule has 1 N–H and O–H groups in total. The van der Waals surface area contributed by atoms with Gasteiger partial charge in [-0.15, -0.1) is 11.3 Å². The number of nitrogens with zero attached hydrogens (tertiary/aromatic N) is 1. The van der Waals surface area contributed by atoms with Gasteiger partial charge in [-0.05, 0) is 55.4 Å². The maximum atomic E-state index is 12.5. The van der Waals surface area contributed by atoms with Crippen LogP contribution in [0.25, 0.3) is 0 Å². The second-order valence-corrected chi connectivity index (χ2v) is 9.03. The van der Waals surface area contributed by atoms with Crippen molar-refractivity contribution in [1.82, 2.24) is 9.71 Å². The van der Waals surface area contributed by atoms with Gasteiger partial charge in [-0.3, -0.25) is 4.79 Å². The van der Waals surface area contributed by atoms with Gasteiger partial charge in [0, 0.05) is 6.61 Å². The van der Waals surface area contributed by atoms with E-state index >= 15 is 0 Å². The van der Waals surface area contributed by atoms with Crippen LogP contribution in [0.3, 0.4) is 0 Å². The van der Waals surface area contributed by atoms with Gasteiger partial charge in [0.05, 0.1) is 11.1 Å². The monoisotopic (exact) mass is 378 g/mol. The third kappa shape index (κ3) is 3.33. The Bertz CT molecular complexity index is 914. The first-order chi connectivity index (χ1) is 12.0. The molecule has 25 heavy (non-hydrogen) atoms. The van der Waals surface area contributed by atoms with E-state index in [1.807, 2.05) is 6.07 Å². The lowest BCUT2D eigenvalue weighted by Crippen LogP contribution is -2.30. The molecule has 1 aromatic heterocycles. The van der Waals surface area contributed by atoms with Gasteiger partial charge in [0.25, 0.3) is 15.9 Å². The van der Waals surface area contributed by atoms with Crippen molar-refractivity contribution in [2.45, 2.75) is 43.1 Å². The molecule has 0 radical (unpaired) electrons. The largest absolute Gasteiger partial charge is 0.371 e. The van der Waals surface area contributed by atoms with Crippen molar-refractivity contribution < 1.29 is 17.9 Å². The zero-order valence-corrected chi connectivity index (χ0v) is 15.2. The molecule has 0 saturated carbocycles. The van der Waals surface area contributed by atoms with Gasteiger partial charge in [0.15, 0.2) is 0 Å². The summed E-state index contributed by atoms with van der Waals surface area (Å²) in [4.78, 5) is 16.9. The van der Waals surface area contributed by atoms with Gasteiger partial charge in [0.2, 0.25) is 0 Å². The topological polar surface area (TPSA) is 85.4 Å². The summed E-state index contributed by atoms with van der Waals surface area (Å²) >= 11 is 1.18. The van der Waals surface area contributed by atoms with Crippen LogP contribution in [0.15, 0.2) is 29.3 Å². The Balaban J connectivity index is 1.51. The molecule has 4 rings (SSSR count). The highest BCUT2D eigenvalue weighted by atomic mass is 32.2. The molecule has 6 nitrogen and oxygen atoms in total. The highest BCUT2D eigenvalue weighted by Gasteiger charge is 2.25. The number of aryl methyl sites for hydroxylation is 2. The van der Waals surface area contributed by atoms with Gasteiger partial charge in [0.1, 0.15) is 16.0 Å². The molecule has 132 valence electrons. The van der Waals surface area contributed by atoms with Crippen molar-refractivity contribution in [3.8, 4) is 0 Å². The number of hydrogen-bond acceptors (Lipinski definition) is 6. The standard InChI is InChI=1S/C17H18N2O4S2/c20-16(15-10-18-17(24-15)14-5-2-8-23-14)19-25(21,22)13-7-6-11-3-1-4-12(11)9-13/h6-7,9-10,14H,1-5,8H2,(H,19,20)/t14-/m0/s1. The Hall–Kier alpha value is -1.77. The molecule has 0 unspecified atom stereocenters. The normalized spacial score (nSPS) is 19.8. The molecule has 0 bridgehead atoms. The van der Waals surface area contributed by atoms with Crippen LogP contribution >= 0.6 is 11.3 Å². The average Bonchev–Trinajstić information content (AvgIpc) is 3.32. The van der Waals surface area contributed by atoms with Crippen LogP contribution < -0.4 is 4.72 Å². The van der Waals surface area contributed by atoms with E-state index < -0.39 is 15.9 Å². The maximum Gasteiger partial charge on any atom is 0.276 e. The van der Waals surface area contributed by atoms with Crippen molar-refractivity contribution in [2.24, 2.45) is 0 Å². The SMILES string of the molecule is O=C(NS(=O)(=O)c1ccc2c(c1)CCC2)c1cnc([C@@H]2CCCO2)s1. The molecular weight excluding hydrogens is 360 g/mol. The molecule has 2 aromatic rings. The maximum absolute atomic E-state index is 12.5. The Labute approximate surface area is 150 Å². The molecule has 1 aliphatic heterocycles. The lowest BCUT2D eigenvalue weighted by Gasteiger charge is -2.08. The number of thiazole rings is 1. The number of rotatable bonds is 4. The fourth-order valence-corrected chi connectivity index (χ4v) is 5.24. The van der Waals surface area contributed by atoms with E-state index in [1.54, 1.807) is 12.1 Å². The van der Waals surface area contributed by atoms with Crippen LogP contribution in [-0.4, -0.2) is 25.9 Å². The molecular formula is C17H18N2O4S2. The van der Waals surface area contributed by atoms with Crippen LogP contribution in [-0.2, 0) is 27.6 Å². The minimum Gasteiger partial charge on any atom is -0.371 e. The van der Waals surface area contributed by atoms with Crippen LogP contribution in [0.2, 0.25) is 0 Å². The third-order valence-electron chi connectivity index (χ3n) is 4.56.